The number of carbonyl (C=O) groups excluding carboxylic acids is 1. The Labute approximate surface area is 249 Å². The van der Waals surface area contributed by atoms with Crippen LogP contribution in [0, 0.1) is 23.1 Å². The Hall–Kier alpha value is -3.57. The van der Waals surface area contributed by atoms with Crippen LogP contribution in [0.15, 0.2) is 48.5 Å². The van der Waals surface area contributed by atoms with Crippen LogP contribution in [0.3, 0.4) is 0 Å². The second-order valence-electron chi connectivity index (χ2n) is 11.2. The first kappa shape index (κ1) is 30.9. The second-order valence-corrected chi connectivity index (χ2v) is 13.6. The highest BCUT2D eigenvalue weighted by Gasteiger charge is 2.47. The molecule has 9 nitrogen and oxygen atoms in total. The molecule has 230 valence electrons. The molecular formula is C30H34F3N5O4S. The Morgan fingerprint density at radius 1 is 1.14 bits per heavy atom. The highest BCUT2D eigenvalue weighted by molar-refractivity contribution is 8.24. The highest BCUT2D eigenvalue weighted by Crippen LogP contribution is 2.48. The third-order valence-electron chi connectivity index (χ3n) is 8.19. The van der Waals surface area contributed by atoms with Gasteiger partial charge in [-0.1, -0.05) is 12.1 Å². The number of aromatic nitrogens is 2. The van der Waals surface area contributed by atoms with Gasteiger partial charge >= 0.3 is 0 Å². The normalized spacial score (nSPS) is 22.8. The van der Waals surface area contributed by atoms with Gasteiger partial charge in [0.15, 0.2) is 0 Å². The maximum Gasteiger partial charge on any atom is 0.249 e. The lowest BCUT2D eigenvalue weighted by atomic mass is 9.73. The van der Waals surface area contributed by atoms with Gasteiger partial charge < -0.3 is 15.3 Å². The molecule has 43 heavy (non-hydrogen) atoms. The number of nitrogens with one attached hydrogen (secondary N) is 1. The summed E-state index contributed by atoms with van der Waals surface area (Å²) in [7, 11) is -2.57. The van der Waals surface area contributed by atoms with Crippen molar-refractivity contribution in [1.29, 1.82) is 5.26 Å². The lowest BCUT2D eigenvalue weighted by Crippen LogP contribution is -2.44. The number of aliphatic hydroxyl groups excluding tert-OH is 1. The minimum absolute atomic E-state index is 0.0530. The fourth-order valence-electron chi connectivity index (χ4n) is 5.90. The number of anilines is 1. The van der Waals surface area contributed by atoms with E-state index in [1.165, 1.54) is 35.9 Å². The average molecular weight is 618 g/mol. The molecule has 2 heterocycles. The van der Waals surface area contributed by atoms with Gasteiger partial charge in [0.05, 0.1) is 47.2 Å². The van der Waals surface area contributed by atoms with E-state index in [2.05, 4.69) is 5.32 Å². The number of rotatable bonds is 7. The maximum atomic E-state index is 14.7. The van der Waals surface area contributed by atoms with Crippen LogP contribution < -0.4 is 10.2 Å². The summed E-state index contributed by atoms with van der Waals surface area (Å²) in [5.41, 5.74) is 3.14. The smallest absolute Gasteiger partial charge is 0.249 e. The summed E-state index contributed by atoms with van der Waals surface area (Å²) in [5.74, 6) is -5.59. The van der Waals surface area contributed by atoms with Crippen LogP contribution in [0.5, 0.6) is 0 Å². The molecule has 1 aromatic heterocycles. The molecule has 0 bridgehead atoms. The zero-order valence-corrected chi connectivity index (χ0v) is 24.4. The lowest BCUT2D eigenvalue weighted by molar-refractivity contribution is -0.134. The van der Waals surface area contributed by atoms with Gasteiger partial charge in [0.25, 0.3) is 0 Å². The molecule has 1 amide bonds. The van der Waals surface area contributed by atoms with Crippen molar-refractivity contribution < 1.29 is 32.2 Å². The van der Waals surface area contributed by atoms with Gasteiger partial charge in [-0.2, -0.15) is 21.0 Å². The maximum absolute atomic E-state index is 14.7. The van der Waals surface area contributed by atoms with Crippen LogP contribution >= 0.6 is 10.6 Å². The van der Waals surface area contributed by atoms with Gasteiger partial charge in [0.2, 0.25) is 11.8 Å². The molecule has 4 N–H and O–H groups in total. The van der Waals surface area contributed by atoms with E-state index >= 15 is 0 Å². The third kappa shape index (κ3) is 6.67. The molecule has 3 atom stereocenters. The van der Waals surface area contributed by atoms with Gasteiger partial charge in [-0.25, -0.2) is 17.9 Å². The Morgan fingerprint density at radius 3 is 2.37 bits per heavy atom. The zero-order valence-electron chi connectivity index (χ0n) is 23.6. The predicted octanol–water partition coefficient (Wildman–Crippen LogP) is 5.29. The van der Waals surface area contributed by atoms with Crippen molar-refractivity contribution in [3.05, 3.63) is 65.7 Å². The van der Waals surface area contributed by atoms with E-state index in [4.69, 9.17) is 5.10 Å². The first-order valence-electron chi connectivity index (χ1n) is 14.1. The van der Waals surface area contributed by atoms with E-state index in [0.717, 1.165) is 5.69 Å². The standard InChI is InChI=1S/C30H34F3N5O4S/c1-19(17-34)35-29(40)25-16-30(32,33)11-10-24(25)28-27(26(18-39)38(36-28)23-8-4-21(31)5-9-23)20-2-6-22(7-3-20)37-12-14-43(41,42)15-13-37/h2-9,19,24-25,39,41-42H,10-16,18H2,1H3,(H,35,40)/t19-,24+,25+/m0/s1. The molecule has 2 fully saturated rings. The lowest BCUT2D eigenvalue weighted by Gasteiger charge is -2.41. The highest BCUT2D eigenvalue weighted by atomic mass is 32.3. The number of nitrogens with zero attached hydrogens (tertiary/aromatic N) is 4. The van der Waals surface area contributed by atoms with Crippen molar-refractivity contribution in [2.75, 3.05) is 29.5 Å². The summed E-state index contributed by atoms with van der Waals surface area (Å²) in [5, 5.41) is 27.1. The number of hydrogen-bond acceptors (Lipinski definition) is 7. The van der Waals surface area contributed by atoms with E-state index in [1.54, 1.807) is 0 Å². The van der Waals surface area contributed by atoms with Crippen LogP contribution in [0.25, 0.3) is 16.8 Å². The van der Waals surface area contributed by atoms with Crippen LogP contribution in [0.4, 0.5) is 18.9 Å². The van der Waals surface area contributed by atoms with Crippen molar-refractivity contribution in [1.82, 2.24) is 15.1 Å². The number of benzene rings is 2. The van der Waals surface area contributed by atoms with Crippen LogP contribution in [-0.4, -0.2) is 66.5 Å². The van der Waals surface area contributed by atoms with Gasteiger partial charge in [-0.3, -0.25) is 13.9 Å². The van der Waals surface area contributed by atoms with Crippen LogP contribution in [0.2, 0.25) is 0 Å². The summed E-state index contributed by atoms with van der Waals surface area (Å²) < 4.78 is 64.5. The summed E-state index contributed by atoms with van der Waals surface area (Å²) >= 11 is 0. The molecule has 1 aliphatic carbocycles. The molecule has 1 saturated carbocycles. The number of aliphatic hydroxyl groups is 1. The van der Waals surface area contributed by atoms with E-state index in [-0.39, 0.29) is 17.9 Å². The second kappa shape index (κ2) is 12.2. The predicted molar refractivity (Wildman–Crippen MR) is 158 cm³/mol. The van der Waals surface area contributed by atoms with Crippen molar-refractivity contribution >= 4 is 22.2 Å². The van der Waals surface area contributed by atoms with Crippen molar-refractivity contribution in [3.8, 4) is 22.9 Å². The molecule has 0 unspecified atom stereocenters. The molecular weight excluding hydrogens is 583 g/mol. The molecule has 5 rings (SSSR count). The minimum Gasteiger partial charge on any atom is -0.390 e. The molecule has 0 spiro atoms. The SMILES string of the molecule is C[C@@H](C#N)NC(=O)[C@@H]1CC(F)(F)CC[C@H]1c1nn(-c2ccc(F)cc2)c(CO)c1-c1ccc(N2CCS(O)(O)CC2)cc1. The number of hydrogen-bond donors (Lipinski definition) is 4. The van der Waals surface area contributed by atoms with Crippen molar-refractivity contribution in [3.63, 3.8) is 0 Å². The Kier molecular flexibility index (Phi) is 8.76. The van der Waals surface area contributed by atoms with Crippen LogP contribution in [-0.2, 0) is 11.4 Å². The van der Waals surface area contributed by atoms with Crippen molar-refractivity contribution in [2.24, 2.45) is 5.92 Å². The average Bonchev–Trinajstić information content (AvgIpc) is 3.36. The number of amides is 1. The van der Waals surface area contributed by atoms with E-state index < -0.39 is 65.6 Å². The Balaban J connectivity index is 1.60. The largest absolute Gasteiger partial charge is 0.390 e. The van der Waals surface area contributed by atoms with E-state index in [0.29, 0.717) is 41.3 Å². The first-order chi connectivity index (χ1) is 20.4. The van der Waals surface area contributed by atoms with Gasteiger partial charge in [-0.05, 0) is 55.3 Å². The van der Waals surface area contributed by atoms with Crippen LogP contribution in [0.1, 0.15) is 43.5 Å². The third-order valence-corrected chi connectivity index (χ3v) is 9.87. The minimum atomic E-state index is -3.08. The van der Waals surface area contributed by atoms with E-state index in [9.17, 15) is 37.4 Å². The number of halogens is 3. The number of alkyl halides is 2. The zero-order chi connectivity index (χ0) is 30.9. The molecule has 2 aliphatic rings. The molecule has 1 saturated heterocycles. The topological polar surface area (TPSA) is 135 Å². The molecule has 0 radical (unpaired) electrons. The molecule has 2 aromatic carbocycles. The fourth-order valence-corrected chi connectivity index (χ4v) is 7.13. The first-order valence-corrected chi connectivity index (χ1v) is 16.0. The number of nitriles is 1. The Bertz CT molecular complexity index is 1500. The van der Waals surface area contributed by atoms with Gasteiger partial charge in [0.1, 0.15) is 11.9 Å². The monoisotopic (exact) mass is 617 g/mol. The molecule has 3 aromatic rings. The fraction of sp³-hybridized carbons (Fsp3) is 0.433. The van der Waals surface area contributed by atoms with Gasteiger partial charge in [0, 0.05) is 43.1 Å². The summed E-state index contributed by atoms with van der Waals surface area (Å²) in [4.78, 5) is 15.3. The molecule has 13 heteroatoms. The molecule has 1 aliphatic heterocycles. The summed E-state index contributed by atoms with van der Waals surface area (Å²) in [6, 6.07) is 13.9. The summed E-state index contributed by atoms with van der Waals surface area (Å²) in [6.07, 6.45) is -1.23. The van der Waals surface area contributed by atoms with Gasteiger partial charge in [-0.15, -0.1) is 0 Å². The number of carbonyl (C=O) groups is 1. The van der Waals surface area contributed by atoms with E-state index in [1.807, 2.05) is 35.2 Å². The van der Waals surface area contributed by atoms with Crippen molar-refractivity contribution in [2.45, 2.75) is 50.7 Å². The summed E-state index contributed by atoms with van der Waals surface area (Å²) in [6.45, 7) is 1.95. The Morgan fingerprint density at radius 2 is 1.77 bits per heavy atom. The quantitative estimate of drug-likeness (QED) is 0.283.